The van der Waals surface area contributed by atoms with Crippen LogP contribution in [-0.4, -0.2) is 37.2 Å². The lowest BCUT2D eigenvalue weighted by atomic mass is 10.1. The van der Waals surface area contributed by atoms with Gasteiger partial charge in [0.05, 0.1) is 0 Å². The first-order chi connectivity index (χ1) is 39.0. The largest absolute Gasteiger partial charge is 0.462 e. The van der Waals surface area contributed by atoms with Crippen molar-refractivity contribution < 1.29 is 28.6 Å². The molecule has 0 aromatic carbocycles. The zero-order valence-electron chi connectivity index (χ0n) is 51.6. The van der Waals surface area contributed by atoms with Gasteiger partial charge in [0.15, 0.2) is 6.10 Å². The van der Waals surface area contributed by atoms with Crippen molar-refractivity contribution in [3.05, 3.63) is 122 Å². The topological polar surface area (TPSA) is 78.9 Å². The van der Waals surface area contributed by atoms with E-state index in [1.807, 2.05) is 0 Å². The standard InChI is InChI=1S/C73H122O6/c1-4-7-10-13-16-19-22-24-26-28-30-32-34-35-36-37-39-40-42-44-46-48-51-54-57-60-63-66-72(75)78-69-70(68-77-71(74)65-62-59-56-53-50-21-18-15-12-9-6-3)79-73(76)67-64-61-58-55-52-49-47-45-43-41-38-33-31-29-27-25-23-20-17-14-11-8-5-2/h7,10,15-16,18-19,23-26,29-32,35-36,38-41,70H,4-6,8-9,11-14,17,20-22,27-28,33-34,37,42-69H2,1-3H3/b10-7-,18-15-,19-16-,25-23-,26-24-,31-29-,32-30-,36-35-,40-39-,41-38-. The second-order valence-electron chi connectivity index (χ2n) is 21.6. The van der Waals surface area contributed by atoms with E-state index in [0.29, 0.717) is 19.3 Å². The van der Waals surface area contributed by atoms with Gasteiger partial charge in [-0.05, 0) is 128 Å². The third kappa shape index (κ3) is 64.5. The van der Waals surface area contributed by atoms with Gasteiger partial charge in [-0.1, -0.05) is 277 Å². The van der Waals surface area contributed by atoms with Crippen molar-refractivity contribution in [1.82, 2.24) is 0 Å². The van der Waals surface area contributed by atoms with Crippen molar-refractivity contribution in [1.29, 1.82) is 0 Å². The second kappa shape index (κ2) is 66.3. The van der Waals surface area contributed by atoms with Gasteiger partial charge in [0.2, 0.25) is 0 Å². The van der Waals surface area contributed by atoms with Gasteiger partial charge >= 0.3 is 17.9 Å². The Morgan fingerprint density at radius 3 is 0.823 bits per heavy atom. The average Bonchev–Trinajstić information content (AvgIpc) is 3.45. The molecule has 0 N–H and O–H groups in total. The van der Waals surface area contributed by atoms with Gasteiger partial charge in [0.1, 0.15) is 13.2 Å². The third-order valence-electron chi connectivity index (χ3n) is 13.9. The number of allylic oxidation sites excluding steroid dienone is 20. The Morgan fingerprint density at radius 1 is 0.266 bits per heavy atom. The second-order valence-corrected chi connectivity index (χ2v) is 21.6. The van der Waals surface area contributed by atoms with E-state index in [1.165, 1.54) is 128 Å². The quantitative estimate of drug-likeness (QED) is 0.0261. The van der Waals surface area contributed by atoms with E-state index in [0.717, 1.165) is 135 Å². The molecule has 6 nitrogen and oxygen atoms in total. The molecular formula is C73H122O6. The van der Waals surface area contributed by atoms with Crippen LogP contribution in [0.25, 0.3) is 0 Å². The summed E-state index contributed by atoms with van der Waals surface area (Å²) in [6.07, 6.45) is 92.1. The number of carbonyl (C=O) groups is 3. The predicted octanol–water partition coefficient (Wildman–Crippen LogP) is 22.8. The fourth-order valence-corrected chi connectivity index (χ4v) is 8.96. The van der Waals surface area contributed by atoms with Crippen LogP contribution in [0.2, 0.25) is 0 Å². The Bertz CT molecular complexity index is 1640. The fraction of sp³-hybridized carbons (Fsp3) is 0.685. The molecule has 1 atom stereocenters. The summed E-state index contributed by atoms with van der Waals surface area (Å²) in [5.41, 5.74) is 0. The lowest BCUT2D eigenvalue weighted by Crippen LogP contribution is -2.30. The summed E-state index contributed by atoms with van der Waals surface area (Å²) in [7, 11) is 0. The van der Waals surface area contributed by atoms with Crippen LogP contribution < -0.4 is 0 Å². The van der Waals surface area contributed by atoms with E-state index in [-0.39, 0.29) is 31.1 Å². The summed E-state index contributed by atoms with van der Waals surface area (Å²) < 4.78 is 16.9. The van der Waals surface area contributed by atoms with Gasteiger partial charge in [0.25, 0.3) is 0 Å². The summed E-state index contributed by atoms with van der Waals surface area (Å²) in [5.74, 6) is -0.910. The summed E-state index contributed by atoms with van der Waals surface area (Å²) >= 11 is 0. The lowest BCUT2D eigenvalue weighted by Gasteiger charge is -2.18. The van der Waals surface area contributed by atoms with Crippen molar-refractivity contribution in [2.45, 2.75) is 309 Å². The smallest absolute Gasteiger partial charge is 0.306 e. The Hall–Kier alpha value is -4.19. The van der Waals surface area contributed by atoms with Crippen LogP contribution in [0.1, 0.15) is 303 Å². The van der Waals surface area contributed by atoms with Gasteiger partial charge in [-0.2, -0.15) is 0 Å². The van der Waals surface area contributed by atoms with Crippen LogP contribution in [0.3, 0.4) is 0 Å². The van der Waals surface area contributed by atoms with Crippen molar-refractivity contribution in [2.24, 2.45) is 0 Å². The van der Waals surface area contributed by atoms with E-state index >= 15 is 0 Å². The minimum atomic E-state index is -0.793. The highest BCUT2D eigenvalue weighted by atomic mass is 16.6. The van der Waals surface area contributed by atoms with Crippen LogP contribution in [0, 0.1) is 0 Å². The number of esters is 3. The minimum Gasteiger partial charge on any atom is -0.462 e. The van der Waals surface area contributed by atoms with Gasteiger partial charge in [-0.15, -0.1) is 0 Å². The SMILES string of the molecule is CC/C=C\C/C=C\C/C=C\C/C=C\C/C=C\C/C=C\CCCCCCCCCCC(=O)OCC(COC(=O)CCCCCCC/C=C\CCCC)OC(=O)CCCCCCCCCC/C=C\C/C=C\C/C=C\CCCCCCC. The normalized spacial score (nSPS) is 12.9. The maximum atomic E-state index is 12.9. The molecule has 0 aliphatic carbocycles. The van der Waals surface area contributed by atoms with Gasteiger partial charge in [-0.25, -0.2) is 0 Å². The van der Waals surface area contributed by atoms with Crippen LogP contribution in [0.5, 0.6) is 0 Å². The molecule has 0 radical (unpaired) electrons. The van der Waals surface area contributed by atoms with Crippen molar-refractivity contribution in [3.63, 3.8) is 0 Å². The van der Waals surface area contributed by atoms with Gasteiger partial charge < -0.3 is 14.2 Å². The number of ether oxygens (including phenoxy) is 3. The first-order valence-corrected chi connectivity index (χ1v) is 33.0. The molecule has 450 valence electrons. The van der Waals surface area contributed by atoms with E-state index in [4.69, 9.17) is 14.2 Å². The molecule has 0 heterocycles. The molecule has 6 heteroatoms. The molecular weight excluding hydrogens is 973 g/mol. The highest BCUT2D eigenvalue weighted by molar-refractivity contribution is 5.71. The van der Waals surface area contributed by atoms with E-state index in [1.54, 1.807) is 0 Å². The maximum absolute atomic E-state index is 12.9. The molecule has 0 bridgehead atoms. The third-order valence-corrected chi connectivity index (χ3v) is 13.9. The number of rotatable bonds is 59. The minimum absolute atomic E-state index is 0.0896. The average molecular weight is 1100 g/mol. The van der Waals surface area contributed by atoms with Crippen LogP contribution in [0.15, 0.2) is 122 Å². The molecule has 1 unspecified atom stereocenters. The highest BCUT2D eigenvalue weighted by Gasteiger charge is 2.19. The molecule has 0 aliphatic rings. The zero-order valence-corrected chi connectivity index (χ0v) is 51.6. The number of hydrogen-bond donors (Lipinski definition) is 0. The Labute approximate surface area is 488 Å². The lowest BCUT2D eigenvalue weighted by molar-refractivity contribution is -0.167. The summed E-state index contributed by atoms with van der Waals surface area (Å²) in [5, 5.41) is 0. The molecule has 0 spiro atoms. The molecule has 0 aromatic heterocycles. The summed E-state index contributed by atoms with van der Waals surface area (Å²) in [6, 6.07) is 0. The van der Waals surface area contributed by atoms with E-state index in [9.17, 15) is 14.4 Å². The molecule has 0 aliphatic heterocycles. The summed E-state index contributed by atoms with van der Waals surface area (Å²) in [6.45, 7) is 6.47. The predicted molar refractivity (Wildman–Crippen MR) is 343 cm³/mol. The Morgan fingerprint density at radius 2 is 0.506 bits per heavy atom. The van der Waals surface area contributed by atoms with Crippen LogP contribution in [-0.2, 0) is 28.6 Å². The zero-order chi connectivity index (χ0) is 57.1. The first-order valence-electron chi connectivity index (χ1n) is 33.0. The first kappa shape index (κ1) is 74.8. The van der Waals surface area contributed by atoms with Gasteiger partial charge in [-0.3, -0.25) is 14.4 Å². The fourth-order valence-electron chi connectivity index (χ4n) is 8.96. The molecule has 0 saturated carbocycles. The molecule has 79 heavy (non-hydrogen) atoms. The molecule has 0 aromatic rings. The van der Waals surface area contributed by atoms with E-state index in [2.05, 4.69) is 142 Å². The van der Waals surface area contributed by atoms with Crippen molar-refractivity contribution >= 4 is 17.9 Å². The van der Waals surface area contributed by atoms with Crippen molar-refractivity contribution in [3.8, 4) is 0 Å². The summed E-state index contributed by atoms with van der Waals surface area (Å²) in [4.78, 5) is 38.3. The van der Waals surface area contributed by atoms with Crippen molar-refractivity contribution in [2.75, 3.05) is 13.2 Å². The Balaban J connectivity index is 4.32. The molecule has 0 saturated heterocycles. The number of hydrogen-bond acceptors (Lipinski definition) is 6. The number of carbonyl (C=O) groups excluding carboxylic acids is 3. The molecule has 0 amide bonds. The monoisotopic (exact) mass is 1090 g/mol. The maximum Gasteiger partial charge on any atom is 0.306 e. The van der Waals surface area contributed by atoms with Crippen LogP contribution >= 0.6 is 0 Å². The highest BCUT2D eigenvalue weighted by Crippen LogP contribution is 2.15. The molecule has 0 rings (SSSR count). The van der Waals surface area contributed by atoms with Crippen LogP contribution in [0.4, 0.5) is 0 Å². The number of unbranched alkanes of at least 4 members (excludes halogenated alkanes) is 28. The van der Waals surface area contributed by atoms with E-state index < -0.39 is 6.10 Å². The molecule has 0 fully saturated rings. The Kier molecular flexibility index (Phi) is 62.8. The van der Waals surface area contributed by atoms with Gasteiger partial charge in [0, 0.05) is 19.3 Å².